The second-order valence-electron chi connectivity index (χ2n) is 5.91. The number of amides is 2. The summed E-state index contributed by atoms with van der Waals surface area (Å²) >= 11 is 1.38. The van der Waals surface area contributed by atoms with Gasteiger partial charge in [-0.3, -0.25) is 9.59 Å². The Labute approximate surface area is 162 Å². The van der Waals surface area contributed by atoms with E-state index in [-0.39, 0.29) is 11.8 Å². The molecule has 0 saturated carbocycles. The van der Waals surface area contributed by atoms with E-state index in [2.05, 4.69) is 10.6 Å². The summed E-state index contributed by atoms with van der Waals surface area (Å²) in [4.78, 5) is 25.0. The van der Waals surface area contributed by atoms with Crippen LogP contribution in [0.25, 0.3) is 0 Å². The van der Waals surface area contributed by atoms with Crippen molar-refractivity contribution in [3.8, 4) is 5.75 Å². The fraction of sp³-hybridized carbons (Fsp3) is 0.143. The van der Waals surface area contributed by atoms with Crippen LogP contribution in [0.15, 0.2) is 66.0 Å². The van der Waals surface area contributed by atoms with Crippen LogP contribution in [0, 0.1) is 0 Å². The van der Waals surface area contributed by atoms with Gasteiger partial charge in [-0.1, -0.05) is 24.3 Å². The lowest BCUT2D eigenvalue weighted by atomic mass is 10.1. The van der Waals surface area contributed by atoms with E-state index in [9.17, 15) is 9.59 Å². The van der Waals surface area contributed by atoms with Crippen molar-refractivity contribution in [2.45, 2.75) is 12.8 Å². The lowest BCUT2D eigenvalue weighted by molar-refractivity contribution is -0.116. The molecule has 0 saturated heterocycles. The highest BCUT2D eigenvalue weighted by atomic mass is 32.1. The second-order valence-corrected chi connectivity index (χ2v) is 6.86. The van der Waals surface area contributed by atoms with E-state index >= 15 is 0 Å². The first-order valence-corrected chi connectivity index (χ1v) is 9.40. The van der Waals surface area contributed by atoms with Gasteiger partial charge in [-0.15, -0.1) is 11.3 Å². The van der Waals surface area contributed by atoms with E-state index in [4.69, 9.17) is 4.74 Å². The van der Waals surface area contributed by atoms with Crippen molar-refractivity contribution in [1.29, 1.82) is 0 Å². The van der Waals surface area contributed by atoms with Gasteiger partial charge >= 0.3 is 0 Å². The maximum absolute atomic E-state index is 12.2. The van der Waals surface area contributed by atoms with Crippen molar-refractivity contribution >= 4 is 34.5 Å². The standard InChI is InChI=1S/C21H20N2O3S/c1-26-18-8-2-5-15(13-18)10-11-20(24)22-16-6-3-7-17(14-16)23-21(25)19-9-4-12-27-19/h2-9,12-14H,10-11H2,1H3,(H,22,24)(H,23,25). The molecule has 0 unspecified atom stereocenters. The van der Waals surface area contributed by atoms with Gasteiger partial charge in [0.25, 0.3) is 5.91 Å². The topological polar surface area (TPSA) is 67.4 Å². The molecule has 2 N–H and O–H groups in total. The molecular formula is C21H20N2O3S. The Hall–Kier alpha value is -3.12. The Morgan fingerprint density at radius 1 is 0.963 bits per heavy atom. The van der Waals surface area contributed by atoms with E-state index in [0.29, 0.717) is 29.1 Å². The molecule has 0 atom stereocenters. The number of ether oxygens (including phenoxy) is 1. The molecule has 0 bridgehead atoms. The zero-order chi connectivity index (χ0) is 19.1. The Morgan fingerprint density at radius 3 is 2.48 bits per heavy atom. The van der Waals surface area contributed by atoms with E-state index < -0.39 is 0 Å². The van der Waals surface area contributed by atoms with Crippen LogP contribution in [-0.4, -0.2) is 18.9 Å². The molecule has 3 aromatic rings. The highest BCUT2D eigenvalue weighted by molar-refractivity contribution is 7.12. The van der Waals surface area contributed by atoms with Gasteiger partial charge < -0.3 is 15.4 Å². The molecule has 3 rings (SSSR count). The maximum Gasteiger partial charge on any atom is 0.265 e. The van der Waals surface area contributed by atoms with Crippen molar-refractivity contribution in [3.63, 3.8) is 0 Å². The van der Waals surface area contributed by atoms with Crippen LogP contribution >= 0.6 is 11.3 Å². The highest BCUT2D eigenvalue weighted by Gasteiger charge is 2.08. The minimum Gasteiger partial charge on any atom is -0.497 e. The van der Waals surface area contributed by atoms with Crippen molar-refractivity contribution in [2.24, 2.45) is 0 Å². The van der Waals surface area contributed by atoms with E-state index in [1.165, 1.54) is 11.3 Å². The van der Waals surface area contributed by atoms with E-state index in [1.54, 1.807) is 37.4 Å². The lowest BCUT2D eigenvalue weighted by Gasteiger charge is -2.09. The summed E-state index contributed by atoms with van der Waals surface area (Å²) in [6, 6.07) is 18.4. The van der Waals surface area contributed by atoms with Crippen LogP contribution in [0.4, 0.5) is 11.4 Å². The van der Waals surface area contributed by atoms with Gasteiger partial charge in [0, 0.05) is 17.8 Å². The summed E-state index contributed by atoms with van der Waals surface area (Å²) in [5, 5.41) is 7.56. The van der Waals surface area contributed by atoms with Crippen LogP contribution in [-0.2, 0) is 11.2 Å². The molecule has 0 aliphatic heterocycles. The number of aryl methyl sites for hydroxylation is 1. The molecule has 0 fully saturated rings. The molecule has 1 heterocycles. The quantitative estimate of drug-likeness (QED) is 0.630. The molecule has 0 aliphatic rings. The largest absolute Gasteiger partial charge is 0.497 e. The number of hydrogen-bond acceptors (Lipinski definition) is 4. The van der Waals surface area contributed by atoms with Gasteiger partial charge in [-0.25, -0.2) is 0 Å². The molecule has 6 heteroatoms. The Morgan fingerprint density at radius 2 is 1.74 bits per heavy atom. The van der Waals surface area contributed by atoms with Crippen LogP contribution in [0.5, 0.6) is 5.75 Å². The van der Waals surface area contributed by atoms with E-state index in [0.717, 1.165) is 11.3 Å². The summed E-state index contributed by atoms with van der Waals surface area (Å²) in [6.45, 7) is 0. The smallest absolute Gasteiger partial charge is 0.265 e. The van der Waals surface area contributed by atoms with Crippen molar-refractivity contribution < 1.29 is 14.3 Å². The zero-order valence-corrected chi connectivity index (χ0v) is 15.7. The molecule has 2 aromatic carbocycles. The molecule has 5 nitrogen and oxygen atoms in total. The summed E-state index contributed by atoms with van der Waals surface area (Å²) in [5.74, 6) is 0.535. The van der Waals surface area contributed by atoms with Crippen LogP contribution in [0.2, 0.25) is 0 Å². The van der Waals surface area contributed by atoms with Crippen LogP contribution in [0.1, 0.15) is 21.7 Å². The normalized spacial score (nSPS) is 10.3. The number of anilines is 2. The molecule has 0 radical (unpaired) electrons. The number of carbonyl (C=O) groups is 2. The Kier molecular flexibility index (Phi) is 6.22. The predicted molar refractivity (Wildman–Crippen MR) is 109 cm³/mol. The first-order valence-electron chi connectivity index (χ1n) is 8.52. The third-order valence-electron chi connectivity index (χ3n) is 3.92. The van der Waals surface area contributed by atoms with Gasteiger partial charge in [0.1, 0.15) is 5.75 Å². The minimum atomic E-state index is -0.161. The third kappa shape index (κ3) is 5.43. The third-order valence-corrected chi connectivity index (χ3v) is 4.79. The van der Waals surface area contributed by atoms with Crippen LogP contribution in [0.3, 0.4) is 0 Å². The highest BCUT2D eigenvalue weighted by Crippen LogP contribution is 2.18. The maximum atomic E-state index is 12.2. The number of methoxy groups -OCH3 is 1. The van der Waals surface area contributed by atoms with E-state index in [1.807, 2.05) is 35.7 Å². The summed E-state index contributed by atoms with van der Waals surface area (Å²) in [5.41, 5.74) is 2.33. The average molecular weight is 380 g/mol. The first-order chi connectivity index (χ1) is 13.1. The number of rotatable bonds is 7. The summed E-state index contributed by atoms with van der Waals surface area (Å²) in [7, 11) is 1.62. The van der Waals surface area contributed by atoms with Crippen molar-refractivity contribution in [1.82, 2.24) is 0 Å². The fourth-order valence-corrected chi connectivity index (χ4v) is 3.20. The number of benzene rings is 2. The first kappa shape index (κ1) is 18.7. The van der Waals surface area contributed by atoms with Crippen molar-refractivity contribution in [3.05, 3.63) is 76.5 Å². The van der Waals surface area contributed by atoms with Gasteiger partial charge in [0.05, 0.1) is 12.0 Å². The van der Waals surface area contributed by atoms with Gasteiger partial charge in [-0.05, 0) is 53.8 Å². The van der Waals surface area contributed by atoms with Gasteiger partial charge in [-0.2, -0.15) is 0 Å². The molecule has 2 amide bonds. The van der Waals surface area contributed by atoms with Gasteiger partial charge in [0.2, 0.25) is 5.91 Å². The number of nitrogens with one attached hydrogen (secondary N) is 2. The lowest BCUT2D eigenvalue weighted by Crippen LogP contribution is -2.13. The fourth-order valence-electron chi connectivity index (χ4n) is 2.58. The monoisotopic (exact) mass is 380 g/mol. The second kappa shape index (κ2) is 9.00. The number of hydrogen-bond donors (Lipinski definition) is 2. The minimum absolute atomic E-state index is 0.0837. The van der Waals surface area contributed by atoms with Crippen LogP contribution < -0.4 is 15.4 Å². The summed E-state index contributed by atoms with van der Waals surface area (Å²) < 4.78 is 5.19. The molecule has 138 valence electrons. The SMILES string of the molecule is COc1cccc(CCC(=O)Nc2cccc(NC(=O)c3cccs3)c2)c1. The average Bonchev–Trinajstić information content (AvgIpc) is 3.22. The zero-order valence-electron chi connectivity index (χ0n) is 14.9. The number of carbonyl (C=O) groups excluding carboxylic acids is 2. The summed E-state index contributed by atoms with van der Waals surface area (Å²) in [6.07, 6.45) is 0.983. The molecular weight excluding hydrogens is 360 g/mol. The predicted octanol–water partition coefficient (Wildman–Crippen LogP) is 4.58. The van der Waals surface area contributed by atoms with Crippen molar-refractivity contribution in [2.75, 3.05) is 17.7 Å². The Bertz CT molecular complexity index is 923. The molecule has 1 aromatic heterocycles. The number of thiophene rings is 1. The van der Waals surface area contributed by atoms with Gasteiger partial charge in [0.15, 0.2) is 0 Å². The molecule has 0 aliphatic carbocycles. The molecule has 0 spiro atoms. The molecule has 27 heavy (non-hydrogen) atoms. The Balaban J connectivity index is 1.55.